The van der Waals surface area contributed by atoms with E-state index in [0.29, 0.717) is 0 Å². The van der Waals surface area contributed by atoms with Crippen LogP contribution in [0.1, 0.15) is 37.5 Å². The van der Waals surface area contributed by atoms with Gasteiger partial charge < -0.3 is 0 Å². The first-order valence-electron chi connectivity index (χ1n) is 5.37. The fourth-order valence-corrected chi connectivity index (χ4v) is 3.28. The molecule has 0 N–H and O–H groups in total. The van der Waals surface area contributed by atoms with Crippen molar-refractivity contribution in [2.75, 3.05) is 0 Å². The zero-order valence-electron chi connectivity index (χ0n) is 8.33. The maximum Gasteiger partial charge on any atom is 0.00479 e. The largest absolute Gasteiger partial charge is 0.149 e. The van der Waals surface area contributed by atoms with Crippen LogP contribution in [0.15, 0.2) is 17.5 Å². The third kappa shape index (κ3) is 2.57. The molecule has 0 aromatic carbocycles. The lowest BCUT2D eigenvalue weighted by Gasteiger charge is -2.26. The van der Waals surface area contributed by atoms with Crippen LogP contribution in [0, 0.1) is 11.8 Å². The summed E-state index contributed by atoms with van der Waals surface area (Å²) in [6, 6.07) is 4.45. The van der Waals surface area contributed by atoms with Gasteiger partial charge in [0, 0.05) is 4.88 Å². The highest BCUT2D eigenvalue weighted by Crippen LogP contribution is 2.31. The van der Waals surface area contributed by atoms with E-state index in [1.54, 1.807) is 4.88 Å². The molecule has 0 spiro atoms. The summed E-state index contributed by atoms with van der Waals surface area (Å²) in [5.41, 5.74) is 0. The van der Waals surface area contributed by atoms with Gasteiger partial charge in [0.05, 0.1) is 0 Å². The lowest BCUT2D eigenvalue weighted by molar-refractivity contribution is 0.282. The summed E-state index contributed by atoms with van der Waals surface area (Å²) in [4.78, 5) is 1.58. The van der Waals surface area contributed by atoms with Crippen LogP contribution in [0.2, 0.25) is 0 Å². The van der Waals surface area contributed by atoms with E-state index >= 15 is 0 Å². The van der Waals surface area contributed by atoms with Gasteiger partial charge in [-0.3, -0.25) is 0 Å². The molecule has 2 rings (SSSR count). The Hall–Kier alpha value is -0.300. The summed E-state index contributed by atoms with van der Waals surface area (Å²) in [6.45, 7) is 2.40. The Bertz CT molecular complexity index is 238. The molecule has 0 aliphatic heterocycles. The van der Waals surface area contributed by atoms with Crippen molar-refractivity contribution in [3.05, 3.63) is 22.4 Å². The van der Waals surface area contributed by atoms with Gasteiger partial charge in [-0.25, -0.2) is 0 Å². The molecule has 1 aromatic heterocycles. The van der Waals surface area contributed by atoms with Crippen LogP contribution in [0.25, 0.3) is 0 Å². The third-order valence-corrected chi connectivity index (χ3v) is 4.01. The molecule has 2 atom stereocenters. The highest BCUT2D eigenvalue weighted by molar-refractivity contribution is 7.09. The summed E-state index contributed by atoms with van der Waals surface area (Å²) >= 11 is 1.92. The second-order valence-electron chi connectivity index (χ2n) is 4.42. The lowest BCUT2D eigenvalue weighted by Crippen LogP contribution is -2.14. The third-order valence-electron chi connectivity index (χ3n) is 3.11. The van der Waals surface area contributed by atoms with Gasteiger partial charge in [-0.15, -0.1) is 11.3 Å². The molecular weight excluding hydrogens is 176 g/mol. The Morgan fingerprint density at radius 3 is 3.08 bits per heavy atom. The van der Waals surface area contributed by atoms with Crippen molar-refractivity contribution in [3.63, 3.8) is 0 Å². The molecular formula is C12H18S. The summed E-state index contributed by atoms with van der Waals surface area (Å²) in [6.07, 6.45) is 7.17. The molecule has 2 unspecified atom stereocenters. The minimum absolute atomic E-state index is 0.971. The van der Waals surface area contributed by atoms with Gasteiger partial charge in [-0.2, -0.15) is 0 Å². The normalized spacial score (nSPS) is 29.0. The SMILES string of the molecule is CC1CCCC(Cc2cccs2)C1. The summed E-state index contributed by atoms with van der Waals surface area (Å²) in [5.74, 6) is 1.95. The number of thiophene rings is 1. The van der Waals surface area contributed by atoms with Crippen molar-refractivity contribution in [2.24, 2.45) is 11.8 Å². The summed E-state index contributed by atoms with van der Waals surface area (Å²) in [7, 11) is 0. The molecule has 72 valence electrons. The standard InChI is InChI=1S/C12H18S/c1-10-4-2-5-11(8-10)9-12-6-3-7-13-12/h3,6-7,10-11H,2,4-5,8-9H2,1H3. The van der Waals surface area contributed by atoms with Gasteiger partial charge >= 0.3 is 0 Å². The molecule has 1 saturated carbocycles. The van der Waals surface area contributed by atoms with Crippen molar-refractivity contribution in [3.8, 4) is 0 Å². The van der Waals surface area contributed by atoms with Crippen molar-refractivity contribution in [2.45, 2.75) is 39.0 Å². The Morgan fingerprint density at radius 1 is 1.46 bits per heavy atom. The first-order valence-corrected chi connectivity index (χ1v) is 6.25. The van der Waals surface area contributed by atoms with E-state index in [9.17, 15) is 0 Å². The van der Waals surface area contributed by atoms with Crippen LogP contribution >= 0.6 is 11.3 Å². The van der Waals surface area contributed by atoms with Gasteiger partial charge in [-0.05, 0) is 36.1 Å². The van der Waals surface area contributed by atoms with Crippen molar-refractivity contribution in [1.29, 1.82) is 0 Å². The van der Waals surface area contributed by atoms with Crippen LogP contribution in [0.3, 0.4) is 0 Å². The second kappa shape index (κ2) is 4.28. The van der Waals surface area contributed by atoms with Gasteiger partial charge in [-0.1, -0.05) is 32.3 Å². The molecule has 0 saturated heterocycles. The smallest absolute Gasteiger partial charge is 0.00479 e. The van der Waals surface area contributed by atoms with E-state index in [0.717, 1.165) is 11.8 Å². The monoisotopic (exact) mass is 194 g/mol. The quantitative estimate of drug-likeness (QED) is 0.664. The van der Waals surface area contributed by atoms with Crippen LogP contribution in [-0.2, 0) is 6.42 Å². The Kier molecular flexibility index (Phi) is 3.05. The van der Waals surface area contributed by atoms with Gasteiger partial charge in [0.1, 0.15) is 0 Å². The van der Waals surface area contributed by atoms with Crippen molar-refractivity contribution < 1.29 is 0 Å². The number of rotatable bonds is 2. The van der Waals surface area contributed by atoms with Crippen LogP contribution in [0.5, 0.6) is 0 Å². The topological polar surface area (TPSA) is 0 Å². The molecule has 1 aromatic rings. The fourth-order valence-electron chi connectivity index (χ4n) is 2.46. The van der Waals surface area contributed by atoms with Gasteiger partial charge in [0.15, 0.2) is 0 Å². The van der Waals surface area contributed by atoms with E-state index in [1.165, 1.54) is 32.1 Å². The summed E-state index contributed by atoms with van der Waals surface area (Å²) < 4.78 is 0. The molecule has 0 radical (unpaired) electrons. The minimum atomic E-state index is 0.971. The first kappa shape index (κ1) is 9.26. The number of hydrogen-bond acceptors (Lipinski definition) is 1. The van der Waals surface area contributed by atoms with Gasteiger partial charge in [0.2, 0.25) is 0 Å². The van der Waals surface area contributed by atoms with Crippen LogP contribution in [0.4, 0.5) is 0 Å². The van der Waals surface area contributed by atoms with Crippen LogP contribution < -0.4 is 0 Å². The Morgan fingerprint density at radius 2 is 2.38 bits per heavy atom. The van der Waals surface area contributed by atoms with Crippen LogP contribution in [-0.4, -0.2) is 0 Å². The number of hydrogen-bond donors (Lipinski definition) is 0. The van der Waals surface area contributed by atoms with Gasteiger partial charge in [0.25, 0.3) is 0 Å². The Balaban J connectivity index is 1.87. The molecule has 1 aliphatic carbocycles. The van der Waals surface area contributed by atoms with Crippen molar-refractivity contribution >= 4 is 11.3 Å². The van der Waals surface area contributed by atoms with E-state index in [2.05, 4.69) is 24.4 Å². The maximum absolute atomic E-state index is 2.40. The molecule has 0 bridgehead atoms. The maximum atomic E-state index is 2.40. The van der Waals surface area contributed by atoms with E-state index in [1.807, 2.05) is 11.3 Å². The Labute approximate surface area is 85.0 Å². The molecule has 13 heavy (non-hydrogen) atoms. The van der Waals surface area contributed by atoms with E-state index < -0.39 is 0 Å². The zero-order valence-corrected chi connectivity index (χ0v) is 9.15. The highest BCUT2D eigenvalue weighted by atomic mass is 32.1. The fraction of sp³-hybridized carbons (Fsp3) is 0.667. The first-order chi connectivity index (χ1) is 6.34. The summed E-state index contributed by atoms with van der Waals surface area (Å²) in [5, 5.41) is 2.20. The molecule has 0 nitrogen and oxygen atoms in total. The molecule has 0 amide bonds. The highest BCUT2D eigenvalue weighted by Gasteiger charge is 2.18. The zero-order chi connectivity index (χ0) is 9.10. The second-order valence-corrected chi connectivity index (χ2v) is 5.45. The average Bonchev–Trinajstić information content (AvgIpc) is 2.57. The average molecular weight is 194 g/mol. The molecule has 1 heterocycles. The predicted molar refractivity (Wildman–Crippen MR) is 59.1 cm³/mol. The van der Waals surface area contributed by atoms with E-state index in [-0.39, 0.29) is 0 Å². The van der Waals surface area contributed by atoms with E-state index in [4.69, 9.17) is 0 Å². The molecule has 1 aliphatic rings. The van der Waals surface area contributed by atoms with Crippen molar-refractivity contribution in [1.82, 2.24) is 0 Å². The lowest BCUT2D eigenvalue weighted by atomic mass is 9.81. The molecule has 1 heteroatoms. The predicted octanol–water partition coefficient (Wildman–Crippen LogP) is 4.12. The minimum Gasteiger partial charge on any atom is -0.149 e. The molecule has 1 fully saturated rings.